The Kier molecular flexibility index (Phi) is 3.72. The molecule has 74 valence electrons. The van der Waals surface area contributed by atoms with E-state index < -0.39 is 0 Å². The van der Waals surface area contributed by atoms with Gasteiger partial charge in [0.05, 0.1) is 11.9 Å². The Labute approximate surface area is 90.5 Å². The largest absolute Gasteiger partial charge is 0.382 e. The summed E-state index contributed by atoms with van der Waals surface area (Å²) in [6, 6.07) is 0. The van der Waals surface area contributed by atoms with E-state index in [1.807, 2.05) is 0 Å². The zero-order valence-corrected chi connectivity index (χ0v) is 9.34. The van der Waals surface area contributed by atoms with Crippen LogP contribution in [-0.4, -0.2) is 16.3 Å². The Morgan fingerprint density at radius 2 is 2.50 bits per heavy atom. The van der Waals surface area contributed by atoms with Crippen LogP contribution < -0.4 is 10.9 Å². The number of nitrogens with one attached hydrogen (secondary N) is 1. The minimum atomic E-state index is -0.171. The molecule has 0 radical (unpaired) electrons. The molecule has 0 saturated carbocycles. The van der Waals surface area contributed by atoms with Gasteiger partial charge >= 0.3 is 0 Å². The zero-order valence-electron chi connectivity index (χ0n) is 7.75. The third-order valence-corrected chi connectivity index (χ3v) is 2.43. The minimum absolute atomic E-state index is 0.171. The highest BCUT2D eigenvalue weighted by atomic mass is 79.9. The normalized spacial score (nSPS) is 9.50. The molecule has 0 saturated heterocycles. The molecule has 0 bridgehead atoms. The van der Waals surface area contributed by atoms with E-state index in [0.717, 1.165) is 0 Å². The SMILES string of the molecule is C#CCCNc1cnn(C)c(=O)c1Br. The quantitative estimate of drug-likeness (QED) is 0.647. The van der Waals surface area contributed by atoms with Crippen molar-refractivity contribution in [2.75, 3.05) is 11.9 Å². The van der Waals surface area contributed by atoms with Crippen molar-refractivity contribution in [2.24, 2.45) is 7.05 Å². The molecule has 4 nitrogen and oxygen atoms in total. The summed E-state index contributed by atoms with van der Waals surface area (Å²) in [5.41, 5.74) is 0.499. The maximum absolute atomic E-state index is 11.4. The van der Waals surface area contributed by atoms with Crippen LogP contribution in [0.2, 0.25) is 0 Å². The lowest BCUT2D eigenvalue weighted by Gasteiger charge is -2.06. The second kappa shape index (κ2) is 4.82. The zero-order chi connectivity index (χ0) is 10.6. The number of nitrogens with zero attached hydrogens (tertiary/aromatic N) is 2. The molecule has 0 spiro atoms. The van der Waals surface area contributed by atoms with Crippen molar-refractivity contribution in [1.29, 1.82) is 0 Å². The first-order valence-corrected chi connectivity index (χ1v) is 4.85. The first-order valence-electron chi connectivity index (χ1n) is 4.06. The van der Waals surface area contributed by atoms with Crippen LogP contribution in [0, 0.1) is 12.3 Å². The van der Waals surface area contributed by atoms with Gasteiger partial charge in [-0.3, -0.25) is 4.79 Å². The van der Waals surface area contributed by atoms with Gasteiger partial charge in [0.1, 0.15) is 4.47 Å². The third-order valence-electron chi connectivity index (χ3n) is 1.66. The van der Waals surface area contributed by atoms with Gasteiger partial charge in [-0.05, 0) is 15.9 Å². The average molecular weight is 256 g/mol. The summed E-state index contributed by atoms with van der Waals surface area (Å²) < 4.78 is 1.74. The third kappa shape index (κ3) is 2.36. The number of rotatable bonds is 3. The molecule has 0 unspecified atom stereocenters. The van der Waals surface area contributed by atoms with Crippen molar-refractivity contribution in [3.05, 3.63) is 21.0 Å². The van der Waals surface area contributed by atoms with Gasteiger partial charge in [0.25, 0.3) is 5.56 Å². The highest BCUT2D eigenvalue weighted by Crippen LogP contribution is 2.15. The molecule has 1 aromatic rings. The van der Waals surface area contributed by atoms with Crippen molar-refractivity contribution in [3.8, 4) is 12.3 Å². The molecule has 5 heteroatoms. The average Bonchev–Trinajstić information content (AvgIpc) is 2.18. The topological polar surface area (TPSA) is 46.9 Å². The van der Waals surface area contributed by atoms with Crippen LogP contribution in [0.5, 0.6) is 0 Å². The lowest BCUT2D eigenvalue weighted by molar-refractivity contribution is 0.703. The molecule has 1 N–H and O–H groups in total. The fourth-order valence-electron chi connectivity index (χ4n) is 0.903. The number of terminal acetylenes is 1. The highest BCUT2D eigenvalue weighted by molar-refractivity contribution is 9.10. The van der Waals surface area contributed by atoms with Crippen molar-refractivity contribution >= 4 is 21.6 Å². The van der Waals surface area contributed by atoms with E-state index in [2.05, 4.69) is 32.3 Å². The van der Waals surface area contributed by atoms with E-state index in [4.69, 9.17) is 6.42 Å². The summed E-state index contributed by atoms with van der Waals surface area (Å²) in [5.74, 6) is 2.50. The molecule has 0 aromatic carbocycles. The summed E-state index contributed by atoms with van der Waals surface area (Å²) >= 11 is 3.20. The minimum Gasteiger partial charge on any atom is -0.382 e. The second-order valence-corrected chi connectivity index (χ2v) is 3.47. The molecule has 1 aromatic heterocycles. The first-order chi connectivity index (χ1) is 6.66. The van der Waals surface area contributed by atoms with Crippen LogP contribution in [-0.2, 0) is 7.05 Å². The molecule has 0 atom stereocenters. The Morgan fingerprint density at radius 1 is 1.79 bits per heavy atom. The van der Waals surface area contributed by atoms with Crippen LogP contribution >= 0.6 is 15.9 Å². The summed E-state index contributed by atoms with van der Waals surface area (Å²) in [5, 5.41) is 6.89. The molecule has 0 aliphatic heterocycles. The lowest BCUT2D eigenvalue weighted by atomic mass is 10.4. The maximum atomic E-state index is 11.4. The summed E-state index contributed by atoms with van der Waals surface area (Å²) in [6.07, 6.45) is 7.30. The molecule has 1 rings (SSSR count). The summed E-state index contributed by atoms with van der Waals surface area (Å²) in [7, 11) is 1.60. The lowest BCUT2D eigenvalue weighted by Crippen LogP contribution is -2.21. The highest BCUT2D eigenvalue weighted by Gasteiger charge is 2.04. The van der Waals surface area contributed by atoms with E-state index in [9.17, 15) is 4.79 Å². The number of aryl methyl sites for hydroxylation is 1. The molecular weight excluding hydrogens is 246 g/mol. The second-order valence-electron chi connectivity index (χ2n) is 2.68. The summed E-state index contributed by atoms with van der Waals surface area (Å²) in [4.78, 5) is 11.4. The van der Waals surface area contributed by atoms with Crippen molar-refractivity contribution < 1.29 is 0 Å². The van der Waals surface area contributed by atoms with Crippen molar-refractivity contribution in [3.63, 3.8) is 0 Å². The number of halogens is 1. The van der Waals surface area contributed by atoms with Gasteiger partial charge in [0.15, 0.2) is 0 Å². The predicted octanol–water partition coefficient (Wildman–Crippen LogP) is 0.978. The number of hydrogen-bond donors (Lipinski definition) is 1. The Morgan fingerprint density at radius 3 is 3.14 bits per heavy atom. The van der Waals surface area contributed by atoms with E-state index in [1.165, 1.54) is 4.68 Å². The predicted molar refractivity (Wildman–Crippen MR) is 59.1 cm³/mol. The smallest absolute Gasteiger partial charge is 0.282 e. The molecule has 0 aliphatic carbocycles. The Bertz CT molecular complexity index is 419. The molecule has 0 aliphatic rings. The van der Waals surface area contributed by atoms with Gasteiger partial charge in [-0.25, -0.2) is 4.68 Å². The van der Waals surface area contributed by atoms with Gasteiger partial charge in [-0.1, -0.05) is 0 Å². The fourth-order valence-corrected chi connectivity index (χ4v) is 1.40. The summed E-state index contributed by atoms with van der Waals surface area (Å²) in [6.45, 7) is 0.629. The van der Waals surface area contributed by atoms with Gasteiger partial charge in [0.2, 0.25) is 0 Å². The molecule has 0 fully saturated rings. The molecule has 0 amide bonds. The molecule has 1 heterocycles. The maximum Gasteiger partial charge on any atom is 0.282 e. The standard InChI is InChI=1S/C9H10BrN3O/c1-3-4-5-11-7-6-12-13(2)9(14)8(7)10/h1,6,11H,4-5H2,2H3. The van der Waals surface area contributed by atoms with Crippen molar-refractivity contribution in [1.82, 2.24) is 9.78 Å². The van der Waals surface area contributed by atoms with E-state index in [0.29, 0.717) is 23.1 Å². The van der Waals surface area contributed by atoms with Crippen LogP contribution in [0.15, 0.2) is 15.5 Å². The van der Waals surface area contributed by atoms with Crippen LogP contribution in [0.1, 0.15) is 6.42 Å². The van der Waals surface area contributed by atoms with Gasteiger partial charge in [-0.2, -0.15) is 5.10 Å². The van der Waals surface area contributed by atoms with Gasteiger partial charge < -0.3 is 5.32 Å². The number of aromatic nitrogens is 2. The Hall–Kier alpha value is -1.28. The van der Waals surface area contributed by atoms with Crippen LogP contribution in [0.25, 0.3) is 0 Å². The van der Waals surface area contributed by atoms with E-state index in [-0.39, 0.29) is 5.56 Å². The van der Waals surface area contributed by atoms with E-state index >= 15 is 0 Å². The number of hydrogen-bond acceptors (Lipinski definition) is 3. The fraction of sp³-hybridized carbons (Fsp3) is 0.333. The van der Waals surface area contributed by atoms with Crippen molar-refractivity contribution in [2.45, 2.75) is 6.42 Å². The Balaban J connectivity index is 2.85. The van der Waals surface area contributed by atoms with Gasteiger partial charge in [-0.15, -0.1) is 12.3 Å². The van der Waals surface area contributed by atoms with Crippen LogP contribution in [0.3, 0.4) is 0 Å². The van der Waals surface area contributed by atoms with Gasteiger partial charge in [0, 0.05) is 20.0 Å². The molecule has 14 heavy (non-hydrogen) atoms. The first kappa shape index (κ1) is 10.8. The molecular formula is C9H10BrN3O. The number of anilines is 1. The monoisotopic (exact) mass is 255 g/mol. The van der Waals surface area contributed by atoms with Crippen LogP contribution in [0.4, 0.5) is 5.69 Å². The van der Waals surface area contributed by atoms with E-state index in [1.54, 1.807) is 13.2 Å².